The lowest BCUT2D eigenvalue weighted by Gasteiger charge is -2.06. The Bertz CT molecular complexity index is 146. The standard InChI is InChI=1S/C12H24O3/c1-2-3-4-5-6-7-8-9-15-11-12(14)10-13/h5-6,12-14H,2-4,7-11H2,1H3/b6-5+. The molecule has 0 aliphatic heterocycles. The van der Waals surface area contributed by atoms with Crippen molar-refractivity contribution in [2.75, 3.05) is 19.8 Å². The monoisotopic (exact) mass is 216 g/mol. The number of allylic oxidation sites excluding steroid dienone is 2. The van der Waals surface area contributed by atoms with Gasteiger partial charge in [0.1, 0.15) is 6.10 Å². The van der Waals surface area contributed by atoms with Crippen LogP contribution in [0.15, 0.2) is 12.2 Å². The highest BCUT2D eigenvalue weighted by molar-refractivity contribution is 4.80. The summed E-state index contributed by atoms with van der Waals surface area (Å²) >= 11 is 0. The van der Waals surface area contributed by atoms with Gasteiger partial charge in [0.2, 0.25) is 0 Å². The van der Waals surface area contributed by atoms with E-state index >= 15 is 0 Å². The summed E-state index contributed by atoms with van der Waals surface area (Å²) in [6.45, 7) is 2.84. The van der Waals surface area contributed by atoms with Gasteiger partial charge in [-0.1, -0.05) is 31.9 Å². The molecule has 0 fully saturated rings. The summed E-state index contributed by atoms with van der Waals surface area (Å²) in [5.74, 6) is 0. The molecule has 0 heterocycles. The predicted octanol–water partition coefficient (Wildman–Crippen LogP) is 1.88. The van der Waals surface area contributed by atoms with Crippen LogP contribution in [0.25, 0.3) is 0 Å². The van der Waals surface area contributed by atoms with Gasteiger partial charge in [0.05, 0.1) is 13.2 Å². The Morgan fingerprint density at radius 3 is 2.47 bits per heavy atom. The molecule has 0 amide bonds. The number of rotatable bonds is 10. The molecule has 1 atom stereocenters. The predicted molar refractivity (Wildman–Crippen MR) is 61.8 cm³/mol. The van der Waals surface area contributed by atoms with Gasteiger partial charge in [-0.2, -0.15) is 0 Å². The Morgan fingerprint density at radius 2 is 1.87 bits per heavy atom. The molecule has 0 aromatic heterocycles. The molecular formula is C12H24O3. The normalized spacial score (nSPS) is 13.5. The van der Waals surface area contributed by atoms with E-state index in [9.17, 15) is 0 Å². The van der Waals surface area contributed by atoms with Crippen LogP contribution in [0.1, 0.15) is 39.0 Å². The lowest BCUT2D eigenvalue weighted by atomic mass is 10.2. The fraction of sp³-hybridized carbons (Fsp3) is 0.833. The van der Waals surface area contributed by atoms with Crippen LogP contribution in [0.5, 0.6) is 0 Å². The van der Waals surface area contributed by atoms with E-state index in [0.717, 1.165) is 12.8 Å². The van der Waals surface area contributed by atoms with Crippen molar-refractivity contribution in [1.29, 1.82) is 0 Å². The summed E-state index contributed by atoms with van der Waals surface area (Å²) in [7, 11) is 0. The zero-order chi connectivity index (χ0) is 11.4. The number of aliphatic hydroxyl groups excluding tert-OH is 2. The zero-order valence-electron chi connectivity index (χ0n) is 9.69. The number of aliphatic hydroxyl groups is 2. The van der Waals surface area contributed by atoms with Gasteiger partial charge in [-0.3, -0.25) is 0 Å². The molecule has 90 valence electrons. The van der Waals surface area contributed by atoms with Crippen LogP contribution in [0.4, 0.5) is 0 Å². The van der Waals surface area contributed by atoms with Crippen LogP contribution in [0.3, 0.4) is 0 Å². The molecule has 0 spiro atoms. The molecule has 15 heavy (non-hydrogen) atoms. The van der Waals surface area contributed by atoms with Crippen molar-refractivity contribution in [3.63, 3.8) is 0 Å². The fourth-order valence-corrected chi connectivity index (χ4v) is 1.13. The van der Waals surface area contributed by atoms with Crippen LogP contribution in [0.2, 0.25) is 0 Å². The van der Waals surface area contributed by atoms with Crippen molar-refractivity contribution >= 4 is 0 Å². The second-order valence-corrected chi connectivity index (χ2v) is 3.67. The van der Waals surface area contributed by atoms with Crippen LogP contribution < -0.4 is 0 Å². The summed E-state index contributed by atoms with van der Waals surface area (Å²) < 4.78 is 5.17. The Hall–Kier alpha value is -0.380. The summed E-state index contributed by atoms with van der Waals surface area (Å²) in [6, 6.07) is 0. The van der Waals surface area contributed by atoms with E-state index in [2.05, 4.69) is 19.1 Å². The lowest BCUT2D eigenvalue weighted by molar-refractivity contribution is 0.00586. The lowest BCUT2D eigenvalue weighted by Crippen LogP contribution is -2.19. The van der Waals surface area contributed by atoms with Crippen LogP contribution in [-0.2, 0) is 4.74 Å². The summed E-state index contributed by atoms with van der Waals surface area (Å²) in [5.41, 5.74) is 0. The maximum Gasteiger partial charge on any atom is 0.100 e. The van der Waals surface area contributed by atoms with E-state index in [1.807, 2.05) is 0 Å². The third kappa shape index (κ3) is 11.5. The van der Waals surface area contributed by atoms with Gasteiger partial charge in [-0.25, -0.2) is 0 Å². The highest BCUT2D eigenvalue weighted by Crippen LogP contribution is 1.98. The molecule has 0 aliphatic rings. The smallest absolute Gasteiger partial charge is 0.100 e. The molecule has 3 nitrogen and oxygen atoms in total. The molecule has 0 radical (unpaired) electrons. The third-order valence-electron chi connectivity index (χ3n) is 2.07. The molecule has 3 heteroatoms. The first kappa shape index (κ1) is 14.6. The number of hydrogen-bond donors (Lipinski definition) is 2. The maximum atomic E-state index is 8.97. The van der Waals surface area contributed by atoms with Gasteiger partial charge in [-0.05, 0) is 19.3 Å². The van der Waals surface area contributed by atoms with E-state index in [0.29, 0.717) is 6.61 Å². The minimum atomic E-state index is -0.731. The second kappa shape index (κ2) is 11.7. The van der Waals surface area contributed by atoms with Crippen molar-refractivity contribution in [3.8, 4) is 0 Å². The van der Waals surface area contributed by atoms with Crippen molar-refractivity contribution < 1.29 is 14.9 Å². The van der Waals surface area contributed by atoms with Crippen molar-refractivity contribution in [2.24, 2.45) is 0 Å². The Labute approximate surface area is 92.8 Å². The van der Waals surface area contributed by atoms with Gasteiger partial charge < -0.3 is 14.9 Å². The molecule has 1 unspecified atom stereocenters. The van der Waals surface area contributed by atoms with E-state index in [1.165, 1.54) is 19.3 Å². The van der Waals surface area contributed by atoms with Crippen LogP contribution >= 0.6 is 0 Å². The minimum absolute atomic E-state index is 0.225. The maximum absolute atomic E-state index is 8.97. The zero-order valence-corrected chi connectivity index (χ0v) is 9.69. The van der Waals surface area contributed by atoms with Crippen LogP contribution in [-0.4, -0.2) is 36.1 Å². The van der Waals surface area contributed by atoms with Gasteiger partial charge in [0.25, 0.3) is 0 Å². The molecular weight excluding hydrogens is 192 g/mol. The van der Waals surface area contributed by atoms with E-state index in [1.54, 1.807) is 0 Å². The van der Waals surface area contributed by atoms with Gasteiger partial charge in [-0.15, -0.1) is 0 Å². The van der Waals surface area contributed by atoms with Gasteiger partial charge in [0, 0.05) is 6.61 Å². The van der Waals surface area contributed by atoms with E-state index in [4.69, 9.17) is 14.9 Å². The van der Waals surface area contributed by atoms with Crippen molar-refractivity contribution in [3.05, 3.63) is 12.2 Å². The number of hydrogen-bond acceptors (Lipinski definition) is 3. The average molecular weight is 216 g/mol. The van der Waals surface area contributed by atoms with Crippen LogP contribution in [0, 0.1) is 0 Å². The first-order chi connectivity index (χ1) is 7.31. The van der Waals surface area contributed by atoms with Gasteiger partial charge in [0.15, 0.2) is 0 Å². The van der Waals surface area contributed by atoms with E-state index < -0.39 is 6.10 Å². The Morgan fingerprint density at radius 1 is 1.20 bits per heavy atom. The highest BCUT2D eigenvalue weighted by atomic mass is 16.5. The summed E-state index contributed by atoms with van der Waals surface area (Å²) in [5, 5.41) is 17.5. The summed E-state index contributed by atoms with van der Waals surface area (Å²) in [6.07, 6.45) is 9.33. The van der Waals surface area contributed by atoms with Gasteiger partial charge >= 0.3 is 0 Å². The Balaban J connectivity index is 3.07. The van der Waals surface area contributed by atoms with Crippen molar-refractivity contribution in [2.45, 2.75) is 45.1 Å². The fourth-order valence-electron chi connectivity index (χ4n) is 1.13. The molecule has 0 aromatic carbocycles. The Kier molecular flexibility index (Phi) is 11.4. The highest BCUT2D eigenvalue weighted by Gasteiger charge is 1.99. The SMILES string of the molecule is CCCC/C=C/CCCOCC(O)CO. The summed E-state index contributed by atoms with van der Waals surface area (Å²) in [4.78, 5) is 0. The molecule has 0 saturated carbocycles. The topological polar surface area (TPSA) is 49.7 Å². The van der Waals surface area contributed by atoms with Crippen molar-refractivity contribution in [1.82, 2.24) is 0 Å². The molecule has 0 rings (SSSR count). The molecule has 0 saturated heterocycles. The quantitative estimate of drug-likeness (QED) is 0.433. The number of unbranched alkanes of at least 4 members (excludes halogenated alkanes) is 3. The molecule has 0 aliphatic carbocycles. The minimum Gasteiger partial charge on any atom is -0.394 e. The van der Waals surface area contributed by atoms with E-state index in [-0.39, 0.29) is 13.2 Å². The number of ether oxygens (including phenoxy) is 1. The third-order valence-corrected chi connectivity index (χ3v) is 2.07. The molecule has 2 N–H and O–H groups in total. The second-order valence-electron chi connectivity index (χ2n) is 3.67. The molecule has 0 bridgehead atoms. The largest absolute Gasteiger partial charge is 0.394 e. The first-order valence-corrected chi connectivity index (χ1v) is 5.83. The first-order valence-electron chi connectivity index (χ1n) is 5.83. The molecule has 0 aromatic rings. The average Bonchev–Trinajstić information content (AvgIpc) is 2.26.